The first-order valence-electron chi connectivity index (χ1n) is 6.49. The van der Waals surface area contributed by atoms with E-state index in [1.807, 2.05) is 12.1 Å². The number of hydrogen-bond acceptors (Lipinski definition) is 2. The normalized spacial score (nSPS) is 11.5. The number of nitrogens with one attached hydrogen (secondary N) is 1. The van der Waals surface area contributed by atoms with E-state index in [0.29, 0.717) is 0 Å². The molecule has 3 nitrogen and oxygen atoms in total. The van der Waals surface area contributed by atoms with Gasteiger partial charge in [-0.05, 0) is 31.6 Å². The molecule has 0 atom stereocenters. The standard InChI is InChI=1S/C14H21N3/c1-3-5-10-17(4-2)11-14-15-12-8-6-7-9-13(12)16-14/h6-9H,3-5,10-11H2,1-2H3,(H,15,16). The van der Waals surface area contributed by atoms with Crippen molar-refractivity contribution < 1.29 is 0 Å². The van der Waals surface area contributed by atoms with E-state index in [9.17, 15) is 0 Å². The Labute approximate surface area is 103 Å². The summed E-state index contributed by atoms with van der Waals surface area (Å²) in [6.45, 7) is 7.60. The molecule has 1 heterocycles. The highest BCUT2D eigenvalue weighted by Crippen LogP contribution is 2.11. The zero-order chi connectivity index (χ0) is 12.1. The number of benzene rings is 1. The number of H-pyrrole nitrogens is 1. The SMILES string of the molecule is CCCCN(CC)Cc1nc2ccccc2[nH]1. The number of imidazole rings is 1. The lowest BCUT2D eigenvalue weighted by Gasteiger charge is -2.18. The molecule has 0 radical (unpaired) electrons. The highest BCUT2D eigenvalue weighted by molar-refractivity contribution is 5.74. The second-order valence-electron chi connectivity index (χ2n) is 4.42. The minimum absolute atomic E-state index is 0.922. The fourth-order valence-corrected chi connectivity index (χ4v) is 2.02. The number of para-hydroxylation sites is 2. The Bertz CT molecular complexity index is 428. The number of fused-ring (bicyclic) bond motifs is 1. The summed E-state index contributed by atoms with van der Waals surface area (Å²) in [6, 6.07) is 8.20. The van der Waals surface area contributed by atoms with Crippen molar-refractivity contribution in [2.75, 3.05) is 13.1 Å². The van der Waals surface area contributed by atoms with E-state index in [1.165, 1.54) is 12.8 Å². The third kappa shape index (κ3) is 3.07. The number of nitrogens with zero attached hydrogens (tertiary/aromatic N) is 2. The quantitative estimate of drug-likeness (QED) is 0.828. The van der Waals surface area contributed by atoms with Crippen LogP contribution in [0.2, 0.25) is 0 Å². The zero-order valence-corrected chi connectivity index (χ0v) is 10.7. The summed E-state index contributed by atoms with van der Waals surface area (Å²) in [7, 11) is 0. The molecule has 1 N–H and O–H groups in total. The van der Waals surface area contributed by atoms with Gasteiger partial charge in [0.2, 0.25) is 0 Å². The molecule has 0 fully saturated rings. The summed E-state index contributed by atoms with van der Waals surface area (Å²) in [6.07, 6.45) is 2.50. The van der Waals surface area contributed by atoms with Gasteiger partial charge in [0.15, 0.2) is 0 Å². The van der Waals surface area contributed by atoms with Gasteiger partial charge in [0.05, 0.1) is 17.6 Å². The lowest BCUT2D eigenvalue weighted by Crippen LogP contribution is -2.24. The maximum Gasteiger partial charge on any atom is 0.121 e. The summed E-state index contributed by atoms with van der Waals surface area (Å²) < 4.78 is 0. The summed E-state index contributed by atoms with van der Waals surface area (Å²) >= 11 is 0. The van der Waals surface area contributed by atoms with Crippen LogP contribution in [0.15, 0.2) is 24.3 Å². The summed E-state index contributed by atoms with van der Waals surface area (Å²) in [5.41, 5.74) is 2.20. The Morgan fingerprint density at radius 3 is 2.76 bits per heavy atom. The molecule has 0 spiro atoms. The van der Waals surface area contributed by atoms with Gasteiger partial charge >= 0.3 is 0 Å². The van der Waals surface area contributed by atoms with Gasteiger partial charge in [-0.15, -0.1) is 0 Å². The van der Waals surface area contributed by atoms with Gasteiger partial charge < -0.3 is 4.98 Å². The molecule has 0 unspecified atom stereocenters. The number of rotatable bonds is 6. The predicted molar refractivity (Wildman–Crippen MR) is 72.0 cm³/mol. The molecule has 0 bridgehead atoms. The van der Waals surface area contributed by atoms with E-state index >= 15 is 0 Å². The van der Waals surface area contributed by atoms with E-state index in [0.717, 1.165) is 36.5 Å². The molecule has 0 saturated heterocycles. The van der Waals surface area contributed by atoms with Gasteiger partial charge in [0, 0.05) is 0 Å². The smallest absolute Gasteiger partial charge is 0.121 e. The Hall–Kier alpha value is -1.35. The molecule has 2 aromatic rings. The van der Waals surface area contributed by atoms with Crippen molar-refractivity contribution in [2.24, 2.45) is 0 Å². The van der Waals surface area contributed by atoms with Gasteiger partial charge in [-0.2, -0.15) is 0 Å². The van der Waals surface area contributed by atoms with Crippen LogP contribution in [0.25, 0.3) is 11.0 Å². The molecule has 3 heteroatoms. The molecule has 1 aromatic carbocycles. The number of unbranched alkanes of at least 4 members (excludes halogenated alkanes) is 1. The van der Waals surface area contributed by atoms with Crippen LogP contribution in [0, 0.1) is 0 Å². The fourth-order valence-electron chi connectivity index (χ4n) is 2.02. The highest BCUT2D eigenvalue weighted by atomic mass is 15.1. The third-order valence-corrected chi connectivity index (χ3v) is 3.09. The van der Waals surface area contributed by atoms with Crippen LogP contribution in [0.4, 0.5) is 0 Å². The second kappa shape index (κ2) is 5.82. The second-order valence-corrected chi connectivity index (χ2v) is 4.42. The van der Waals surface area contributed by atoms with Crippen molar-refractivity contribution in [1.29, 1.82) is 0 Å². The lowest BCUT2D eigenvalue weighted by molar-refractivity contribution is 0.269. The molecular weight excluding hydrogens is 210 g/mol. The molecule has 0 aliphatic heterocycles. The average Bonchev–Trinajstić information content (AvgIpc) is 2.76. The first-order chi connectivity index (χ1) is 8.33. The Kier molecular flexibility index (Phi) is 4.15. The van der Waals surface area contributed by atoms with E-state index in [-0.39, 0.29) is 0 Å². The maximum atomic E-state index is 4.61. The Balaban J connectivity index is 2.06. The van der Waals surface area contributed by atoms with Gasteiger partial charge in [0.1, 0.15) is 5.82 Å². The van der Waals surface area contributed by atoms with E-state index in [4.69, 9.17) is 0 Å². The van der Waals surface area contributed by atoms with Crippen molar-refractivity contribution in [3.63, 3.8) is 0 Å². The number of aromatic nitrogens is 2. The molecule has 0 aliphatic carbocycles. The molecule has 2 rings (SSSR count). The summed E-state index contributed by atoms with van der Waals surface area (Å²) in [4.78, 5) is 10.4. The minimum atomic E-state index is 0.922. The molecule has 17 heavy (non-hydrogen) atoms. The average molecular weight is 231 g/mol. The zero-order valence-electron chi connectivity index (χ0n) is 10.7. The number of hydrogen-bond donors (Lipinski definition) is 1. The van der Waals surface area contributed by atoms with Crippen molar-refractivity contribution in [2.45, 2.75) is 33.2 Å². The van der Waals surface area contributed by atoms with Gasteiger partial charge in [0.25, 0.3) is 0 Å². The summed E-state index contributed by atoms with van der Waals surface area (Å²) in [5.74, 6) is 1.07. The van der Waals surface area contributed by atoms with Crippen LogP contribution in [0.1, 0.15) is 32.5 Å². The van der Waals surface area contributed by atoms with Crippen molar-refractivity contribution in [3.05, 3.63) is 30.1 Å². The van der Waals surface area contributed by atoms with Gasteiger partial charge in [-0.1, -0.05) is 32.4 Å². The van der Waals surface area contributed by atoms with Crippen LogP contribution in [0.3, 0.4) is 0 Å². The predicted octanol–water partition coefficient (Wildman–Crippen LogP) is 3.18. The fraction of sp³-hybridized carbons (Fsp3) is 0.500. The van der Waals surface area contributed by atoms with Crippen molar-refractivity contribution in [1.82, 2.24) is 14.9 Å². The maximum absolute atomic E-state index is 4.61. The third-order valence-electron chi connectivity index (χ3n) is 3.09. The molecule has 1 aromatic heterocycles. The van der Waals surface area contributed by atoms with E-state index < -0.39 is 0 Å². The van der Waals surface area contributed by atoms with E-state index in [1.54, 1.807) is 0 Å². The Morgan fingerprint density at radius 2 is 2.06 bits per heavy atom. The molecular formula is C14H21N3. The largest absolute Gasteiger partial charge is 0.341 e. The van der Waals surface area contributed by atoms with E-state index in [2.05, 4.69) is 40.8 Å². The molecule has 92 valence electrons. The Morgan fingerprint density at radius 1 is 1.24 bits per heavy atom. The first kappa shape index (κ1) is 12.1. The monoisotopic (exact) mass is 231 g/mol. The van der Waals surface area contributed by atoms with Crippen LogP contribution in [-0.4, -0.2) is 28.0 Å². The van der Waals surface area contributed by atoms with Gasteiger partial charge in [-0.3, -0.25) is 4.90 Å². The van der Waals surface area contributed by atoms with Crippen LogP contribution in [0.5, 0.6) is 0 Å². The highest BCUT2D eigenvalue weighted by Gasteiger charge is 2.06. The van der Waals surface area contributed by atoms with Crippen molar-refractivity contribution >= 4 is 11.0 Å². The molecule has 0 aliphatic rings. The lowest BCUT2D eigenvalue weighted by atomic mass is 10.3. The first-order valence-corrected chi connectivity index (χ1v) is 6.49. The molecule has 0 amide bonds. The van der Waals surface area contributed by atoms with Crippen LogP contribution >= 0.6 is 0 Å². The van der Waals surface area contributed by atoms with Crippen LogP contribution in [-0.2, 0) is 6.54 Å². The molecule has 0 saturated carbocycles. The topological polar surface area (TPSA) is 31.9 Å². The van der Waals surface area contributed by atoms with Gasteiger partial charge in [-0.25, -0.2) is 4.98 Å². The number of aromatic amines is 1. The minimum Gasteiger partial charge on any atom is -0.341 e. The van der Waals surface area contributed by atoms with Crippen LogP contribution < -0.4 is 0 Å². The van der Waals surface area contributed by atoms with Crippen molar-refractivity contribution in [3.8, 4) is 0 Å². The summed E-state index contributed by atoms with van der Waals surface area (Å²) in [5, 5.41) is 0.